The summed E-state index contributed by atoms with van der Waals surface area (Å²) in [5.41, 5.74) is 9.88. The number of rotatable bonds is 4. The smallest absolute Gasteiger partial charge is 0.193 e. The molecule has 0 atom stereocenters. The van der Waals surface area contributed by atoms with Crippen molar-refractivity contribution in [2.45, 2.75) is 13.5 Å². The lowest BCUT2D eigenvalue weighted by molar-refractivity contribution is 0.863. The second kappa shape index (κ2) is 6.79. The van der Waals surface area contributed by atoms with Gasteiger partial charge in [-0.3, -0.25) is 0 Å². The lowest BCUT2D eigenvalue weighted by atomic mass is 10.2. The summed E-state index contributed by atoms with van der Waals surface area (Å²) >= 11 is 0. The van der Waals surface area contributed by atoms with Crippen LogP contribution in [-0.4, -0.2) is 15.7 Å². The molecule has 3 aromatic rings. The van der Waals surface area contributed by atoms with Crippen LogP contribution in [-0.2, 0) is 6.54 Å². The first-order valence-corrected chi connectivity index (χ1v) is 7.45. The van der Waals surface area contributed by atoms with Gasteiger partial charge in [-0.2, -0.15) is 5.10 Å². The SMILES string of the molecule is Cc1nn(-c2ccccc2)cc1CN=C(N)Nc1ccccc1. The fourth-order valence-electron chi connectivity index (χ4n) is 2.24. The van der Waals surface area contributed by atoms with Gasteiger partial charge in [0.15, 0.2) is 5.96 Å². The zero-order chi connectivity index (χ0) is 16.1. The van der Waals surface area contributed by atoms with Gasteiger partial charge in [-0.05, 0) is 31.2 Å². The Morgan fingerprint density at radius 3 is 2.43 bits per heavy atom. The average Bonchev–Trinajstić information content (AvgIpc) is 2.96. The van der Waals surface area contributed by atoms with Crippen molar-refractivity contribution >= 4 is 11.6 Å². The summed E-state index contributed by atoms with van der Waals surface area (Å²) in [5, 5.41) is 7.60. The molecule has 1 heterocycles. The number of aliphatic imine (C=N–C) groups is 1. The quantitative estimate of drug-likeness (QED) is 0.575. The molecule has 3 rings (SSSR count). The molecule has 0 saturated carbocycles. The molecule has 0 bridgehead atoms. The summed E-state index contributed by atoms with van der Waals surface area (Å²) in [6.45, 7) is 2.47. The van der Waals surface area contributed by atoms with Crippen molar-refractivity contribution in [2.75, 3.05) is 5.32 Å². The van der Waals surface area contributed by atoms with Gasteiger partial charge in [-0.25, -0.2) is 9.67 Å². The monoisotopic (exact) mass is 305 g/mol. The Morgan fingerprint density at radius 1 is 1.09 bits per heavy atom. The minimum absolute atomic E-state index is 0.392. The van der Waals surface area contributed by atoms with Crippen molar-refractivity contribution in [3.05, 3.63) is 78.1 Å². The van der Waals surface area contributed by atoms with Crippen LogP contribution in [0.25, 0.3) is 5.69 Å². The number of nitrogens with two attached hydrogens (primary N) is 1. The van der Waals surface area contributed by atoms with E-state index in [0.29, 0.717) is 12.5 Å². The molecule has 0 unspecified atom stereocenters. The van der Waals surface area contributed by atoms with Gasteiger partial charge in [-0.15, -0.1) is 0 Å². The molecule has 0 aliphatic rings. The van der Waals surface area contributed by atoms with Gasteiger partial charge >= 0.3 is 0 Å². The summed E-state index contributed by atoms with van der Waals surface area (Å²) in [4.78, 5) is 4.39. The van der Waals surface area contributed by atoms with Crippen LogP contribution in [0.15, 0.2) is 71.9 Å². The van der Waals surface area contributed by atoms with E-state index in [0.717, 1.165) is 22.6 Å². The summed E-state index contributed by atoms with van der Waals surface area (Å²) in [6, 6.07) is 19.8. The van der Waals surface area contributed by atoms with Crippen molar-refractivity contribution in [1.82, 2.24) is 9.78 Å². The lowest BCUT2D eigenvalue weighted by Crippen LogP contribution is -2.22. The first kappa shape index (κ1) is 14.8. The van der Waals surface area contributed by atoms with Gasteiger partial charge in [0.05, 0.1) is 17.9 Å². The number of aromatic nitrogens is 2. The van der Waals surface area contributed by atoms with E-state index in [9.17, 15) is 0 Å². The third-order valence-corrected chi connectivity index (χ3v) is 3.49. The second-order valence-corrected chi connectivity index (χ2v) is 5.21. The van der Waals surface area contributed by atoms with Crippen LogP contribution in [0.1, 0.15) is 11.3 Å². The highest BCUT2D eigenvalue weighted by molar-refractivity contribution is 5.92. The van der Waals surface area contributed by atoms with E-state index in [1.54, 1.807) is 0 Å². The number of benzene rings is 2. The molecule has 0 amide bonds. The molecule has 116 valence electrons. The Kier molecular flexibility index (Phi) is 4.38. The van der Waals surface area contributed by atoms with E-state index >= 15 is 0 Å². The molecule has 0 fully saturated rings. The van der Waals surface area contributed by atoms with Crippen LogP contribution in [0.4, 0.5) is 5.69 Å². The van der Waals surface area contributed by atoms with Crippen LogP contribution in [0.3, 0.4) is 0 Å². The minimum Gasteiger partial charge on any atom is -0.370 e. The average molecular weight is 305 g/mol. The Hall–Kier alpha value is -3.08. The third kappa shape index (κ3) is 3.77. The fraction of sp³-hybridized carbons (Fsp3) is 0.111. The van der Waals surface area contributed by atoms with E-state index in [4.69, 9.17) is 5.73 Å². The van der Waals surface area contributed by atoms with Gasteiger partial charge in [-0.1, -0.05) is 36.4 Å². The summed E-state index contributed by atoms with van der Waals surface area (Å²) < 4.78 is 1.86. The highest BCUT2D eigenvalue weighted by Crippen LogP contribution is 2.13. The highest BCUT2D eigenvalue weighted by Gasteiger charge is 2.06. The first-order chi connectivity index (χ1) is 11.2. The molecular weight excluding hydrogens is 286 g/mol. The Bertz CT molecular complexity index is 791. The molecule has 23 heavy (non-hydrogen) atoms. The molecule has 0 aliphatic heterocycles. The lowest BCUT2D eigenvalue weighted by Gasteiger charge is -2.04. The minimum atomic E-state index is 0.392. The largest absolute Gasteiger partial charge is 0.370 e. The molecule has 3 N–H and O–H groups in total. The topological polar surface area (TPSA) is 68.2 Å². The van der Waals surface area contributed by atoms with E-state index in [2.05, 4.69) is 15.4 Å². The standard InChI is InChI=1S/C18H19N5/c1-14-15(13-23(22-14)17-10-6-3-7-11-17)12-20-18(19)21-16-8-4-2-5-9-16/h2-11,13H,12H2,1H3,(H3,19,20,21). The predicted molar refractivity (Wildman–Crippen MR) is 93.7 cm³/mol. The molecule has 1 aromatic heterocycles. The summed E-state index contributed by atoms with van der Waals surface area (Å²) in [6.07, 6.45) is 1.99. The molecule has 5 heteroatoms. The number of anilines is 1. The first-order valence-electron chi connectivity index (χ1n) is 7.45. The van der Waals surface area contributed by atoms with E-state index in [1.165, 1.54) is 0 Å². The summed E-state index contributed by atoms with van der Waals surface area (Å²) in [7, 11) is 0. The normalized spacial score (nSPS) is 11.4. The zero-order valence-corrected chi connectivity index (χ0v) is 13.0. The van der Waals surface area contributed by atoms with Gasteiger partial charge in [0.25, 0.3) is 0 Å². The number of guanidine groups is 1. The number of para-hydroxylation sites is 2. The van der Waals surface area contributed by atoms with Gasteiger partial charge in [0.2, 0.25) is 0 Å². The van der Waals surface area contributed by atoms with Crippen LogP contribution >= 0.6 is 0 Å². The fourth-order valence-corrected chi connectivity index (χ4v) is 2.24. The van der Waals surface area contributed by atoms with Crippen molar-refractivity contribution < 1.29 is 0 Å². The Balaban J connectivity index is 1.71. The van der Waals surface area contributed by atoms with Crippen molar-refractivity contribution in [1.29, 1.82) is 0 Å². The Morgan fingerprint density at radius 2 is 1.74 bits per heavy atom. The van der Waals surface area contributed by atoms with Crippen molar-refractivity contribution in [3.63, 3.8) is 0 Å². The second-order valence-electron chi connectivity index (χ2n) is 5.21. The van der Waals surface area contributed by atoms with Crippen LogP contribution in [0.2, 0.25) is 0 Å². The maximum absolute atomic E-state index is 5.93. The Labute approximate surface area is 135 Å². The zero-order valence-electron chi connectivity index (χ0n) is 13.0. The number of aryl methyl sites for hydroxylation is 1. The number of nitrogens with zero attached hydrogens (tertiary/aromatic N) is 3. The maximum atomic E-state index is 5.93. The number of hydrogen-bond acceptors (Lipinski definition) is 2. The van der Waals surface area contributed by atoms with E-state index < -0.39 is 0 Å². The van der Waals surface area contributed by atoms with E-state index in [1.807, 2.05) is 78.5 Å². The van der Waals surface area contributed by atoms with Gasteiger partial charge in [0.1, 0.15) is 0 Å². The number of nitrogens with one attached hydrogen (secondary N) is 1. The van der Waals surface area contributed by atoms with Crippen LogP contribution in [0, 0.1) is 6.92 Å². The highest BCUT2D eigenvalue weighted by atomic mass is 15.3. The maximum Gasteiger partial charge on any atom is 0.193 e. The van der Waals surface area contributed by atoms with Crippen molar-refractivity contribution in [3.8, 4) is 5.69 Å². The number of hydrogen-bond donors (Lipinski definition) is 2. The predicted octanol–water partition coefficient (Wildman–Crippen LogP) is 3.11. The third-order valence-electron chi connectivity index (χ3n) is 3.49. The molecule has 5 nitrogen and oxygen atoms in total. The molecule has 0 spiro atoms. The molecular formula is C18H19N5. The van der Waals surface area contributed by atoms with Crippen LogP contribution in [0.5, 0.6) is 0 Å². The molecule has 0 radical (unpaired) electrons. The van der Waals surface area contributed by atoms with E-state index in [-0.39, 0.29) is 0 Å². The molecule has 2 aromatic carbocycles. The molecule has 0 saturated heterocycles. The van der Waals surface area contributed by atoms with Crippen molar-refractivity contribution in [2.24, 2.45) is 10.7 Å². The van der Waals surface area contributed by atoms with Gasteiger partial charge < -0.3 is 11.1 Å². The van der Waals surface area contributed by atoms with Crippen LogP contribution < -0.4 is 11.1 Å². The molecule has 0 aliphatic carbocycles. The van der Waals surface area contributed by atoms with Gasteiger partial charge in [0, 0.05) is 17.4 Å². The summed E-state index contributed by atoms with van der Waals surface area (Å²) in [5.74, 6) is 0.392.